The number of amides is 1. The van der Waals surface area contributed by atoms with Crippen LogP contribution in [0.3, 0.4) is 0 Å². The number of hydrogen-bond acceptors (Lipinski definition) is 4. The summed E-state index contributed by atoms with van der Waals surface area (Å²) in [5.74, 6) is -0.365. The molecule has 0 aliphatic rings. The number of rotatable bonds is 7. The summed E-state index contributed by atoms with van der Waals surface area (Å²) in [7, 11) is -3.65. The van der Waals surface area contributed by atoms with Crippen molar-refractivity contribution in [2.45, 2.75) is 48.9 Å². The first-order chi connectivity index (χ1) is 11.8. The molecule has 0 saturated carbocycles. The topological polar surface area (TPSA) is 89.3 Å². The van der Waals surface area contributed by atoms with Gasteiger partial charge in [0.2, 0.25) is 15.7 Å². The molecule has 0 radical (unpaired) electrons. The summed E-state index contributed by atoms with van der Waals surface area (Å²) in [6.07, 6.45) is 2.92. The van der Waals surface area contributed by atoms with Gasteiger partial charge in [-0.15, -0.1) is 0 Å². The van der Waals surface area contributed by atoms with E-state index in [1.54, 1.807) is 37.3 Å². The van der Waals surface area contributed by atoms with Crippen molar-refractivity contribution in [1.29, 1.82) is 0 Å². The van der Waals surface area contributed by atoms with Gasteiger partial charge in [0.05, 0.1) is 15.8 Å². The average molecular weight is 360 g/mol. The van der Waals surface area contributed by atoms with Crippen molar-refractivity contribution in [3.63, 3.8) is 0 Å². The third-order valence-electron chi connectivity index (χ3n) is 3.85. The van der Waals surface area contributed by atoms with Crippen LogP contribution in [0.5, 0.6) is 0 Å². The van der Waals surface area contributed by atoms with E-state index in [1.165, 1.54) is 12.1 Å². The second-order valence-electron chi connectivity index (χ2n) is 6.06. The molecule has 25 heavy (non-hydrogen) atoms. The zero-order chi connectivity index (χ0) is 18.4. The first-order valence-electron chi connectivity index (χ1n) is 8.35. The van der Waals surface area contributed by atoms with Crippen LogP contribution in [0.2, 0.25) is 0 Å². The Morgan fingerprint density at radius 1 is 1.12 bits per heavy atom. The highest BCUT2D eigenvalue weighted by Crippen LogP contribution is 2.24. The highest BCUT2D eigenvalue weighted by Gasteiger charge is 2.19. The maximum absolute atomic E-state index is 12.9. The van der Waals surface area contributed by atoms with Gasteiger partial charge in [0.1, 0.15) is 0 Å². The van der Waals surface area contributed by atoms with Gasteiger partial charge in [0, 0.05) is 5.69 Å². The summed E-state index contributed by atoms with van der Waals surface area (Å²) in [6, 6.07) is 12.6. The molecule has 0 spiro atoms. The van der Waals surface area contributed by atoms with Crippen LogP contribution in [0, 0.1) is 0 Å². The smallest absolute Gasteiger partial charge is 0.240 e. The van der Waals surface area contributed by atoms with Gasteiger partial charge >= 0.3 is 0 Å². The lowest BCUT2D eigenvalue weighted by atomic mass is 10.1. The molecule has 0 aromatic heterocycles. The molecular formula is C19H24N2O3S. The number of sulfone groups is 1. The summed E-state index contributed by atoms with van der Waals surface area (Å²) in [6.45, 7) is 3.67. The van der Waals surface area contributed by atoms with Crippen LogP contribution in [0.25, 0.3) is 0 Å². The second-order valence-corrected chi connectivity index (χ2v) is 8.01. The SMILES string of the molecule is CCCCc1cccc(S(=O)(=O)c2cccc(NC(=O)C(C)N)c2)c1. The summed E-state index contributed by atoms with van der Waals surface area (Å²) in [4.78, 5) is 12.1. The monoisotopic (exact) mass is 360 g/mol. The van der Waals surface area contributed by atoms with Crippen LogP contribution in [-0.2, 0) is 21.1 Å². The Bertz CT molecular complexity index is 845. The van der Waals surface area contributed by atoms with Crippen molar-refractivity contribution in [2.24, 2.45) is 5.73 Å². The Hall–Kier alpha value is -2.18. The van der Waals surface area contributed by atoms with E-state index in [9.17, 15) is 13.2 Å². The molecule has 1 amide bonds. The lowest BCUT2D eigenvalue weighted by Gasteiger charge is -2.11. The van der Waals surface area contributed by atoms with Gasteiger partial charge < -0.3 is 11.1 Å². The third-order valence-corrected chi connectivity index (χ3v) is 5.60. The summed E-state index contributed by atoms with van der Waals surface area (Å²) in [5.41, 5.74) is 6.94. The van der Waals surface area contributed by atoms with Crippen LogP contribution < -0.4 is 11.1 Å². The first kappa shape index (κ1) is 19.1. The van der Waals surface area contributed by atoms with E-state index in [0.717, 1.165) is 24.8 Å². The molecule has 6 heteroatoms. The zero-order valence-corrected chi connectivity index (χ0v) is 15.3. The van der Waals surface area contributed by atoms with Gasteiger partial charge in [-0.2, -0.15) is 0 Å². The molecule has 0 aliphatic carbocycles. The molecule has 1 unspecified atom stereocenters. The lowest BCUT2D eigenvalue weighted by molar-refractivity contribution is -0.117. The van der Waals surface area contributed by atoms with E-state index in [0.29, 0.717) is 5.69 Å². The minimum Gasteiger partial charge on any atom is -0.325 e. The van der Waals surface area contributed by atoms with E-state index in [2.05, 4.69) is 12.2 Å². The van der Waals surface area contributed by atoms with Crippen molar-refractivity contribution in [1.82, 2.24) is 0 Å². The molecule has 2 rings (SSSR count). The number of carbonyl (C=O) groups excluding carboxylic acids is 1. The van der Waals surface area contributed by atoms with Crippen LogP contribution in [0.15, 0.2) is 58.3 Å². The largest absolute Gasteiger partial charge is 0.325 e. The number of anilines is 1. The van der Waals surface area contributed by atoms with Crippen LogP contribution in [0.4, 0.5) is 5.69 Å². The third kappa shape index (κ3) is 4.90. The zero-order valence-electron chi connectivity index (χ0n) is 14.5. The van der Waals surface area contributed by atoms with Crippen LogP contribution >= 0.6 is 0 Å². The van der Waals surface area contributed by atoms with Crippen LogP contribution in [0.1, 0.15) is 32.3 Å². The Morgan fingerprint density at radius 3 is 2.40 bits per heavy atom. The summed E-state index contributed by atoms with van der Waals surface area (Å²) in [5, 5.41) is 2.62. The number of carbonyl (C=O) groups is 1. The molecule has 2 aromatic rings. The van der Waals surface area contributed by atoms with Gasteiger partial charge in [-0.3, -0.25) is 4.79 Å². The number of unbranched alkanes of at least 4 members (excludes halogenated alkanes) is 1. The lowest BCUT2D eigenvalue weighted by Crippen LogP contribution is -2.32. The Labute approximate surface area is 149 Å². The molecule has 1 atom stereocenters. The van der Waals surface area contributed by atoms with Gasteiger partial charge in [-0.05, 0) is 55.7 Å². The van der Waals surface area contributed by atoms with Crippen molar-refractivity contribution in [3.05, 3.63) is 54.1 Å². The quantitative estimate of drug-likeness (QED) is 0.794. The first-order valence-corrected chi connectivity index (χ1v) is 9.83. The number of benzene rings is 2. The molecule has 5 nitrogen and oxygen atoms in total. The standard InChI is InChI=1S/C19H24N2O3S/c1-3-4-7-15-8-5-10-17(12-15)25(23,24)18-11-6-9-16(13-18)21-19(22)14(2)20/h5-6,8-14H,3-4,7,20H2,1-2H3,(H,21,22). The Kier molecular flexibility index (Phi) is 6.33. The molecule has 0 heterocycles. The summed E-state index contributed by atoms with van der Waals surface area (Å²) >= 11 is 0. The van der Waals surface area contributed by atoms with E-state index in [1.807, 2.05) is 6.07 Å². The van der Waals surface area contributed by atoms with Crippen molar-refractivity contribution in [3.8, 4) is 0 Å². The predicted molar refractivity (Wildman–Crippen MR) is 99.2 cm³/mol. The fourth-order valence-corrected chi connectivity index (χ4v) is 3.76. The van der Waals surface area contributed by atoms with Crippen LogP contribution in [-0.4, -0.2) is 20.4 Å². The normalized spacial score (nSPS) is 12.6. The fourth-order valence-electron chi connectivity index (χ4n) is 2.38. The molecule has 134 valence electrons. The second kappa shape index (κ2) is 8.27. The minimum absolute atomic E-state index is 0.141. The molecular weight excluding hydrogens is 336 g/mol. The number of aryl methyl sites for hydroxylation is 1. The highest BCUT2D eigenvalue weighted by molar-refractivity contribution is 7.91. The minimum atomic E-state index is -3.65. The van der Waals surface area contributed by atoms with E-state index < -0.39 is 15.9 Å². The number of hydrogen-bond donors (Lipinski definition) is 2. The van der Waals surface area contributed by atoms with Crippen molar-refractivity contribution in [2.75, 3.05) is 5.32 Å². The molecule has 0 fully saturated rings. The molecule has 3 N–H and O–H groups in total. The molecule has 0 aliphatic heterocycles. The van der Waals surface area contributed by atoms with Gasteiger partial charge in [0.15, 0.2) is 0 Å². The average Bonchev–Trinajstić information content (AvgIpc) is 2.60. The van der Waals surface area contributed by atoms with E-state index >= 15 is 0 Å². The maximum Gasteiger partial charge on any atom is 0.240 e. The van der Waals surface area contributed by atoms with E-state index in [-0.39, 0.29) is 15.7 Å². The Morgan fingerprint density at radius 2 is 1.76 bits per heavy atom. The molecule has 0 saturated heterocycles. The maximum atomic E-state index is 12.9. The van der Waals surface area contributed by atoms with Gasteiger partial charge in [-0.25, -0.2) is 8.42 Å². The van der Waals surface area contributed by atoms with E-state index in [4.69, 9.17) is 5.73 Å². The molecule has 2 aromatic carbocycles. The predicted octanol–water partition coefficient (Wildman–Crippen LogP) is 3.15. The Balaban J connectivity index is 2.32. The highest BCUT2D eigenvalue weighted by atomic mass is 32.2. The molecule has 0 bridgehead atoms. The van der Waals surface area contributed by atoms with Crippen molar-refractivity contribution < 1.29 is 13.2 Å². The summed E-state index contributed by atoms with van der Waals surface area (Å²) < 4.78 is 25.8. The van der Waals surface area contributed by atoms with Gasteiger partial charge in [-0.1, -0.05) is 31.5 Å². The fraction of sp³-hybridized carbons (Fsp3) is 0.316. The number of nitrogens with two attached hydrogens (primary N) is 1. The van der Waals surface area contributed by atoms with Crippen molar-refractivity contribution >= 4 is 21.4 Å². The number of nitrogens with one attached hydrogen (secondary N) is 1. The van der Waals surface area contributed by atoms with Gasteiger partial charge in [0.25, 0.3) is 0 Å².